The summed E-state index contributed by atoms with van der Waals surface area (Å²) in [5, 5.41) is 3.08. The van der Waals surface area contributed by atoms with Crippen molar-refractivity contribution in [2.24, 2.45) is 7.05 Å². The number of nitrogens with zero attached hydrogens (tertiary/aromatic N) is 3. The molecule has 0 bridgehead atoms. The van der Waals surface area contributed by atoms with Crippen LogP contribution in [0.25, 0.3) is 48.9 Å². The van der Waals surface area contributed by atoms with Crippen molar-refractivity contribution in [3.05, 3.63) is 77.9 Å². The summed E-state index contributed by atoms with van der Waals surface area (Å²) in [5.74, 6) is 0. The van der Waals surface area contributed by atoms with Gasteiger partial charge in [-0.25, -0.2) is 9.41 Å². The van der Waals surface area contributed by atoms with Crippen molar-refractivity contribution in [1.82, 2.24) is 4.98 Å². The van der Waals surface area contributed by atoms with Gasteiger partial charge in [-0.3, -0.25) is 0 Å². The standard InChI is InChI=1S/C23H16N3O/c1-14-8-10-16-18-12-15(24-2)9-11-20(18)27-23(16)21(14)22-17-6-4-5-7-19(17)25-13-26(22)3/h4-13H,1,3H3/q+1. The van der Waals surface area contributed by atoms with E-state index >= 15 is 0 Å². The summed E-state index contributed by atoms with van der Waals surface area (Å²) >= 11 is 0. The number of aromatic nitrogens is 2. The van der Waals surface area contributed by atoms with Crippen LogP contribution in [0.2, 0.25) is 0 Å². The van der Waals surface area contributed by atoms with Crippen molar-refractivity contribution in [3.63, 3.8) is 0 Å². The van der Waals surface area contributed by atoms with Crippen molar-refractivity contribution in [1.29, 1.82) is 0 Å². The van der Waals surface area contributed by atoms with Gasteiger partial charge in [0.05, 0.1) is 24.6 Å². The molecule has 0 N–H and O–H groups in total. The second-order valence-corrected chi connectivity index (χ2v) is 6.75. The Morgan fingerprint density at radius 2 is 1.85 bits per heavy atom. The minimum atomic E-state index is 0.618. The van der Waals surface area contributed by atoms with Crippen molar-refractivity contribution < 1.29 is 8.98 Å². The molecular formula is C23H16N3O+. The van der Waals surface area contributed by atoms with Crippen molar-refractivity contribution in [2.45, 2.75) is 6.92 Å². The van der Waals surface area contributed by atoms with Gasteiger partial charge in [-0.1, -0.05) is 30.3 Å². The molecule has 5 aromatic rings. The number of hydrogen-bond donors (Lipinski definition) is 0. The van der Waals surface area contributed by atoms with Gasteiger partial charge < -0.3 is 4.42 Å². The van der Waals surface area contributed by atoms with Crippen LogP contribution >= 0.6 is 0 Å². The van der Waals surface area contributed by atoms with Gasteiger partial charge in [0.1, 0.15) is 16.9 Å². The minimum Gasteiger partial charge on any atom is -0.455 e. The van der Waals surface area contributed by atoms with Gasteiger partial charge in [-0.15, -0.1) is 0 Å². The average Bonchev–Trinajstić information content (AvgIpc) is 3.06. The Hall–Kier alpha value is -3.71. The molecule has 0 saturated carbocycles. The lowest BCUT2D eigenvalue weighted by molar-refractivity contribution is -0.662. The molecule has 0 radical (unpaired) electrons. The van der Waals surface area contributed by atoms with Gasteiger partial charge in [0.15, 0.2) is 11.2 Å². The first-order valence-electron chi connectivity index (χ1n) is 8.74. The summed E-state index contributed by atoms with van der Waals surface area (Å²) in [6.45, 7) is 9.39. The molecule has 5 rings (SSSR count). The molecule has 0 unspecified atom stereocenters. The fraction of sp³-hybridized carbons (Fsp3) is 0.0870. The normalized spacial score (nSPS) is 11.3. The van der Waals surface area contributed by atoms with Crippen molar-refractivity contribution in [3.8, 4) is 11.3 Å². The monoisotopic (exact) mass is 350 g/mol. The molecule has 27 heavy (non-hydrogen) atoms. The minimum absolute atomic E-state index is 0.618. The van der Waals surface area contributed by atoms with E-state index < -0.39 is 0 Å². The average molecular weight is 350 g/mol. The van der Waals surface area contributed by atoms with E-state index in [4.69, 9.17) is 11.0 Å². The predicted octanol–water partition coefficient (Wildman–Crippen LogP) is 5.48. The van der Waals surface area contributed by atoms with E-state index in [1.54, 1.807) is 6.07 Å². The van der Waals surface area contributed by atoms with Gasteiger partial charge in [0.2, 0.25) is 0 Å². The zero-order valence-electron chi connectivity index (χ0n) is 15.0. The van der Waals surface area contributed by atoms with E-state index in [1.165, 1.54) is 0 Å². The summed E-state index contributed by atoms with van der Waals surface area (Å²) in [4.78, 5) is 8.10. The van der Waals surface area contributed by atoms with Crippen LogP contribution in [-0.2, 0) is 7.05 Å². The number of hydrogen-bond acceptors (Lipinski definition) is 2. The van der Waals surface area contributed by atoms with Crippen LogP contribution in [0.5, 0.6) is 0 Å². The van der Waals surface area contributed by atoms with E-state index in [1.807, 2.05) is 48.3 Å². The third-order valence-corrected chi connectivity index (χ3v) is 5.08. The van der Waals surface area contributed by atoms with Crippen LogP contribution in [0, 0.1) is 13.5 Å². The summed E-state index contributed by atoms with van der Waals surface area (Å²) in [5.41, 5.74) is 6.49. The molecular weight excluding hydrogens is 334 g/mol. The third-order valence-electron chi connectivity index (χ3n) is 5.08. The molecule has 0 fully saturated rings. The van der Waals surface area contributed by atoms with Crippen LogP contribution in [0.15, 0.2) is 65.3 Å². The molecule has 0 spiro atoms. The summed E-state index contributed by atoms with van der Waals surface area (Å²) < 4.78 is 8.33. The Labute approximate surface area is 156 Å². The quantitative estimate of drug-likeness (QED) is 0.296. The zero-order valence-corrected chi connectivity index (χ0v) is 15.0. The SMILES string of the molecule is [C-]#[N+]c1ccc2oc3c(-c4c5ccccc5nc[n+]4C)c(C)ccc3c2c1. The second kappa shape index (κ2) is 5.65. The van der Waals surface area contributed by atoms with Crippen LogP contribution in [-0.4, -0.2) is 4.98 Å². The molecule has 0 amide bonds. The lowest BCUT2D eigenvalue weighted by Crippen LogP contribution is -2.31. The molecule has 2 aromatic heterocycles. The number of furan rings is 1. The molecule has 0 aliphatic rings. The molecule has 0 saturated heterocycles. The van der Waals surface area contributed by atoms with Crippen LogP contribution < -0.4 is 4.57 Å². The maximum Gasteiger partial charge on any atom is 0.287 e. The first-order chi connectivity index (χ1) is 13.2. The molecule has 3 aromatic carbocycles. The Morgan fingerprint density at radius 1 is 1.00 bits per heavy atom. The Bertz CT molecular complexity index is 1410. The zero-order chi connectivity index (χ0) is 18.5. The highest BCUT2D eigenvalue weighted by molar-refractivity contribution is 6.12. The molecule has 4 nitrogen and oxygen atoms in total. The number of benzene rings is 3. The highest BCUT2D eigenvalue weighted by Crippen LogP contribution is 2.39. The first-order valence-corrected chi connectivity index (χ1v) is 8.74. The number of aryl methyl sites for hydroxylation is 2. The summed E-state index contributed by atoms with van der Waals surface area (Å²) in [6, 6.07) is 17.9. The van der Waals surface area contributed by atoms with Crippen LogP contribution in [0.1, 0.15) is 5.56 Å². The summed E-state index contributed by atoms with van der Waals surface area (Å²) in [6.07, 6.45) is 1.84. The molecule has 2 heterocycles. The van der Waals surface area contributed by atoms with Crippen LogP contribution in [0.4, 0.5) is 5.69 Å². The van der Waals surface area contributed by atoms with Gasteiger partial charge >= 0.3 is 0 Å². The second-order valence-electron chi connectivity index (χ2n) is 6.75. The lowest BCUT2D eigenvalue weighted by Gasteiger charge is -2.09. The molecule has 0 aliphatic heterocycles. The highest BCUT2D eigenvalue weighted by atomic mass is 16.3. The third kappa shape index (κ3) is 2.22. The van der Waals surface area contributed by atoms with E-state index in [2.05, 4.69) is 35.0 Å². The molecule has 0 atom stereocenters. The Kier molecular flexibility index (Phi) is 3.25. The van der Waals surface area contributed by atoms with Crippen molar-refractivity contribution >= 4 is 38.5 Å². The largest absolute Gasteiger partial charge is 0.455 e. The fourth-order valence-corrected chi connectivity index (χ4v) is 3.78. The maximum absolute atomic E-state index is 7.29. The fourth-order valence-electron chi connectivity index (χ4n) is 3.78. The number of para-hydroxylation sites is 1. The topological polar surface area (TPSA) is 34.3 Å². The van der Waals surface area contributed by atoms with E-state index in [-0.39, 0.29) is 0 Å². The van der Waals surface area contributed by atoms with Crippen molar-refractivity contribution in [2.75, 3.05) is 0 Å². The Morgan fingerprint density at radius 3 is 2.70 bits per heavy atom. The predicted molar refractivity (Wildman–Crippen MR) is 107 cm³/mol. The smallest absolute Gasteiger partial charge is 0.287 e. The van der Waals surface area contributed by atoms with Gasteiger partial charge in [0, 0.05) is 10.8 Å². The van der Waals surface area contributed by atoms with Gasteiger partial charge in [0.25, 0.3) is 6.33 Å². The van der Waals surface area contributed by atoms with E-state index in [9.17, 15) is 0 Å². The Balaban J connectivity index is 1.96. The van der Waals surface area contributed by atoms with Crippen LogP contribution in [0.3, 0.4) is 0 Å². The number of fused-ring (bicyclic) bond motifs is 4. The maximum atomic E-state index is 7.29. The highest BCUT2D eigenvalue weighted by Gasteiger charge is 2.22. The van der Waals surface area contributed by atoms with Gasteiger partial charge in [-0.2, -0.15) is 0 Å². The number of rotatable bonds is 1. The lowest BCUT2D eigenvalue weighted by atomic mass is 9.98. The summed E-state index contributed by atoms with van der Waals surface area (Å²) in [7, 11) is 2.01. The molecule has 0 aliphatic carbocycles. The molecule has 4 heteroatoms. The van der Waals surface area contributed by atoms with Gasteiger partial charge in [-0.05, 0) is 41.7 Å². The van der Waals surface area contributed by atoms with E-state index in [0.717, 1.165) is 49.7 Å². The first kappa shape index (κ1) is 15.5. The molecule has 128 valence electrons. The van der Waals surface area contributed by atoms with E-state index in [0.29, 0.717) is 5.69 Å².